The number of nitrogens with two attached hydrogens (primary N) is 2. The maximum atomic E-state index is 11.8. The Labute approximate surface area is 240 Å². The molecule has 2 amide bonds. The van der Waals surface area contributed by atoms with Crippen molar-refractivity contribution in [2.45, 2.75) is 49.1 Å². The first-order chi connectivity index (χ1) is 19.8. The molecule has 2 fully saturated rings. The molecule has 17 nitrogen and oxygen atoms in total. The van der Waals surface area contributed by atoms with Gasteiger partial charge in [-0.05, 0) is 12.1 Å². The summed E-state index contributed by atoms with van der Waals surface area (Å²) in [5, 5.41) is 48.7. The lowest BCUT2D eigenvalue weighted by Gasteiger charge is -2.17. The maximum absolute atomic E-state index is 11.8. The number of amides is 2. The van der Waals surface area contributed by atoms with Crippen LogP contribution < -0.4 is 20.6 Å². The summed E-state index contributed by atoms with van der Waals surface area (Å²) < 4.78 is 39.8. The minimum atomic E-state index is -3.73. The van der Waals surface area contributed by atoms with Gasteiger partial charge < -0.3 is 46.5 Å². The van der Waals surface area contributed by atoms with E-state index in [0.29, 0.717) is 0 Å². The number of aliphatic hydroxyl groups excluding tert-OH is 5. The van der Waals surface area contributed by atoms with Crippen molar-refractivity contribution in [3.63, 3.8) is 0 Å². The van der Waals surface area contributed by atoms with Crippen LogP contribution in [0.4, 0.5) is 0 Å². The van der Waals surface area contributed by atoms with Gasteiger partial charge in [0.05, 0.1) is 13.2 Å². The Hall–Kier alpha value is -2.93. The largest absolute Gasteiger partial charge is 0.474 e. The number of phosphoric acid groups is 1. The third-order valence-corrected chi connectivity index (χ3v) is 7.86. The zero-order chi connectivity index (χ0) is 31.2. The normalized spacial score (nSPS) is 29.1. The van der Waals surface area contributed by atoms with Gasteiger partial charge >= 0.3 is 7.82 Å². The zero-order valence-corrected chi connectivity index (χ0v) is 23.5. The van der Waals surface area contributed by atoms with Gasteiger partial charge in [0.15, 0.2) is 37.0 Å². The van der Waals surface area contributed by atoms with Gasteiger partial charge in [0.2, 0.25) is 0 Å². The number of primary amides is 2. The second-order valence-corrected chi connectivity index (χ2v) is 11.1. The van der Waals surface area contributed by atoms with Crippen LogP contribution in [-0.2, 0) is 27.6 Å². The molecule has 4 heterocycles. The zero-order valence-electron chi connectivity index (χ0n) is 22.7. The molecule has 8 unspecified atom stereocenters. The van der Waals surface area contributed by atoms with Gasteiger partial charge in [-0.3, -0.25) is 23.2 Å². The number of carbonyl (C=O) groups is 2. The number of nitrogens with zero attached hydrogens (tertiary/aromatic N) is 2. The lowest BCUT2D eigenvalue weighted by atomic mass is 10.1. The lowest BCUT2D eigenvalue weighted by Crippen LogP contribution is -2.46. The summed E-state index contributed by atoms with van der Waals surface area (Å²) in [6, 6.07) is 6.16. The third kappa shape index (κ3) is 7.71. The summed E-state index contributed by atoms with van der Waals surface area (Å²) in [6.45, 7) is -0.728. The van der Waals surface area contributed by atoms with Crippen LogP contribution in [0.2, 0.25) is 0 Å². The highest BCUT2D eigenvalue weighted by atomic mass is 31.2. The van der Waals surface area contributed by atoms with Gasteiger partial charge in [0.1, 0.15) is 35.5 Å². The van der Waals surface area contributed by atoms with Gasteiger partial charge in [-0.1, -0.05) is 0 Å². The number of carbonyl (C=O) groups excluding carboxylic acids is 2. The summed E-state index contributed by atoms with van der Waals surface area (Å²) in [7, 11) is -1.43. The van der Waals surface area contributed by atoms with Gasteiger partial charge in [-0.2, -0.15) is 9.13 Å². The molecular weight excluding hydrogens is 583 g/mol. The van der Waals surface area contributed by atoms with Gasteiger partial charge in [-0.15, -0.1) is 0 Å². The molecular formula is C24H35N4O13P+2. The lowest BCUT2D eigenvalue weighted by molar-refractivity contribution is -0.766. The minimum Gasteiger partial charge on any atom is -0.394 e. The molecule has 2 aliphatic heterocycles. The molecule has 0 spiro atoms. The molecule has 0 aliphatic carbocycles. The minimum absolute atomic E-state index is 0.214. The van der Waals surface area contributed by atoms with Gasteiger partial charge in [0, 0.05) is 26.4 Å². The highest BCUT2D eigenvalue weighted by molar-refractivity contribution is 7.48. The fraction of sp³-hybridized carbons (Fsp3) is 0.500. The van der Waals surface area contributed by atoms with E-state index in [0.717, 1.165) is 14.2 Å². The molecule has 8 atom stereocenters. The first-order valence-electron chi connectivity index (χ1n) is 12.5. The van der Waals surface area contributed by atoms with Crippen molar-refractivity contribution in [3.05, 3.63) is 60.2 Å². The number of rotatable bonds is 10. The number of aromatic nitrogens is 2. The van der Waals surface area contributed by atoms with Crippen molar-refractivity contribution in [2.75, 3.05) is 27.4 Å². The molecule has 0 radical (unpaired) electrons. The van der Waals surface area contributed by atoms with Gasteiger partial charge in [-0.25, -0.2) is 4.57 Å². The monoisotopic (exact) mass is 618 g/mol. The second-order valence-electron chi connectivity index (χ2n) is 9.19. The van der Waals surface area contributed by atoms with E-state index in [4.69, 9.17) is 30.6 Å². The van der Waals surface area contributed by atoms with Crippen molar-refractivity contribution in [3.8, 4) is 0 Å². The Morgan fingerprint density at radius 1 is 0.833 bits per heavy atom. The Bertz CT molecular complexity index is 1280. The average Bonchev–Trinajstić information content (AvgIpc) is 3.45. The highest BCUT2D eigenvalue weighted by Gasteiger charge is 2.49. The number of hydrogen-bond acceptors (Lipinski definition) is 13. The van der Waals surface area contributed by atoms with Crippen LogP contribution in [0.3, 0.4) is 0 Å². The van der Waals surface area contributed by atoms with Crippen LogP contribution >= 0.6 is 7.82 Å². The Kier molecular flexibility index (Phi) is 11.6. The van der Waals surface area contributed by atoms with Crippen LogP contribution in [0.15, 0.2) is 49.1 Å². The molecule has 2 aromatic heterocycles. The van der Waals surface area contributed by atoms with E-state index in [9.17, 15) is 34.6 Å². The fourth-order valence-corrected chi connectivity index (χ4v) is 4.87. The second kappa shape index (κ2) is 14.5. The van der Waals surface area contributed by atoms with E-state index in [1.54, 1.807) is 24.5 Å². The number of phosphoric ester groups is 1. The predicted molar refractivity (Wildman–Crippen MR) is 137 cm³/mol. The van der Waals surface area contributed by atoms with Crippen LogP contribution in [0, 0.1) is 0 Å². The molecule has 0 aromatic carbocycles. The number of ether oxygens (including phenoxy) is 2. The maximum Gasteiger partial charge on any atom is 0.474 e. The van der Waals surface area contributed by atoms with E-state index in [2.05, 4.69) is 9.05 Å². The summed E-state index contributed by atoms with van der Waals surface area (Å²) in [5.41, 5.74) is 10.8. The molecule has 232 valence electrons. The van der Waals surface area contributed by atoms with E-state index in [-0.39, 0.29) is 17.7 Å². The van der Waals surface area contributed by atoms with Crippen LogP contribution in [0.5, 0.6) is 0 Å². The van der Waals surface area contributed by atoms with Crippen molar-refractivity contribution in [1.82, 2.24) is 0 Å². The molecule has 9 N–H and O–H groups in total. The topological polar surface area (TPSA) is 258 Å². The van der Waals surface area contributed by atoms with Crippen molar-refractivity contribution in [1.29, 1.82) is 0 Å². The first kappa shape index (κ1) is 33.6. The van der Waals surface area contributed by atoms with E-state index >= 15 is 0 Å². The van der Waals surface area contributed by atoms with Crippen molar-refractivity contribution >= 4 is 19.6 Å². The number of aliphatic hydroxyl groups is 5. The Morgan fingerprint density at radius 2 is 1.26 bits per heavy atom. The molecule has 2 saturated heterocycles. The van der Waals surface area contributed by atoms with E-state index in [1.165, 1.54) is 33.7 Å². The highest BCUT2D eigenvalue weighted by Crippen LogP contribution is 2.48. The summed E-state index contributed by atoms with van der Waals surface area (Å²) in [5.74, 6) is -1.24. The average molecular weight is 619 g/mol. The Morgan fingerprint density at radius 3 is 1.64 bits per heavy atom. The van der Waals surface area contributed by atoms with Crippen LogP contribution in [0.25, 0.3) is 0 Å². The molecule has 42 heavy (non-hydrogen) atoms. The van der Waals surface area contributed by atoms with E-state index < -0.39 is 75.3 Å². The third-order valence-electron chi connectivity index (χ3n) is 6.50. The fourth-order valence-electron chi connectivity index (χ4n) is 4.18. The summed E-state index contributed by atoms with van der Waals surface area (Å²) in [4.78, 5) is 22.3. The Balaban J connectivity index is 0.000000240. The molecule has 2 aromatic rings. The predicted octanol–water partition coefficient (Wildman–Crippen LogP) is -3.21. The van der Waals surface area contributed by atoms with E-state index in [1.807, 2.05) is 0 Å². The number of pyridine rings is 2. The number of hydrogen-bond donors (Lipinski definition) is 7. The standard InChI is InChI=1S/C13H19N2O8P.C11H14N2O5/c1-20-24(19,21-2)22-7-9-10(16)11(17)13(23-9)15-5-3-4-8(6-15)12(14)18;12-10(17)6-2-1-3-13(4-6)11-9(16)8(15)7(5-14)18-11/h3-6,9-11,13,16-17H,7H2,1-2H3,(H-,14,18);1-4,7-9,11,14-16H,5H2,(H-,12,17)/p+2. The summed E-state index contributed by atoms with van der Waals surface area (Å²) >= 11 is 0. The van der Waals surface area contributed by atoms with Crippen LogP contribution in [0.1, 0.15) is 33.2 Å². The molecule has 0 saturated carbocycles. The first-order valence-corrected chi connectivity index (χ1v) is 13.9. The quantitative estimate of drug-likeness (QED) is 0.102. The van der Waals surface area contributed by atoms with Crippen molar-refractivity contribution in [2.24, 2.45) is 11.5 Å². The molecule has 0 bridgehead atoms. The van der Waals surface area contributed by atoms with Gasteiger partial charge in [0.25, 0.3) is 24.3 Å². The summed E-state index contributed by atoms with van der Waals surface area (Å²) in [6.07, 6.45) is -2.70. The SMILES string of the molecule is COP(=O)(OC)OCC1OC([n+]2cccc(C(N)=O)c2)C(O)C1O.NC(=O)c1ccc[n+](C2OC(CO)C(O)C2O)c1. The van der Waals surface area contributed by atoms with Crippen molar-refractivity contribution < 1.29 is 71.9 Å². The molecule has 18 heteroatoms. The smallest absolute Gasteiger partial charge is 0.394 e. The molecule has 4 rings (SSSR count). The molecule has 2 aliphatic rings. The van der Waals surface area contributed by atoms with Crippen LogP contribution in [-0.4, -0.2) is 101 Å².